The summed E-state index contributed by atoms with van der Waals surface area (Å²) in [5, 5.41) is 4.83. The van der Waals surface area contributed by atoms with Crippen LogP contribution in [0.25, 0.3) is 0 Å². The molecule has 1 heterocycles. The molecule has 0 aliphatic rings. The predicted molar refractivity (Wildman–Crippen MR) is 83.2 cm³/mol. The Bertz CT molecular complexity index is 744. The molecule has 1 aromatic heterocycles. The van der Waals surface area contributed by atoms with Crippen LogP contribution in [0.4, 0.5) is 18.9 Å². The maximum Gasteiger partial charge on any atom is 0.416 e. The van der Waals surface area contributed by atoms with Crippen LogP contribution in [0.5, 0.6) is 5.88 Å². The van der Waals surface area contributed by atoms with Crippen LogP contribution >= 0.6 is 0 Å². The highest BCUT2D eigenvalue weighted by atomic mass is 19.4. The van der Waals surface area contributed by atoms with Crippen molar-refractivity contribution in [3.05, 3.63) is 53.7 Å². The molecule has 0 spiro atoms. The summed E-state index contributed by atoms with van der Waals surface area (Å²) in [5.74, 6) is -0.780. The van der Waals surface area contributed by atoms with Crippen LogP contribution in [0, 0.1) is 0 Å². The van der Waals surface area contributed by atoms with Crippen LogP contribution in [-0.4, -0.2) is 30.5 Å². The molecule has 6 nitrogen and oxygen atoms in total. The number of carbonyl (C=O) groups excluding carboxylic acids is 2. The van der Waals surface area contributed by atoms with Crippen molar-refractivity contribution >= 4 is 17.5 Å². The Morgan fingerprint density at radius 2 is 1.80 bits per heavy atom. The van der Waals surface area contributed by atoms with Gasteiger partial charge in [-0.2, -0.15) is 13.2 Å². The lowest BCUT2D eigenvalue weighted by atomic mass is 10.1. The van der Waals surface area contributed by atoms with E-state index in [1.807, 2.05) is 0 Å². The largest absolute Gasteiger partial charge is 0.481 e. The van der Waals surface area contributed by atoms with Gasteiger partial charge in [0.25, 0.3) is 5.91 Å². The lowest BCUT2D eigenvalue weighted by molar-refractivity contribution is -0.137. The third-order valence-electron chi connectivity index (χ3n) is 3.11. The molecule has 2 rings (SSSR count). The zero-order valence-corrected chi connectivity index (χ0v) is 13.1. The molecule has 0 fully saturated rings. The zero-order chi connectivity index (χ0) is 18.4. The minimum absolute atomic E-state index is 0.0203. The number of rotatable bonds is 5. The van der Waals surface area contributed by atoms with Crippen molar-refractivity contribution in [3.63, 3.8) is 0 Å². The van der Waals surface area contributed by atoms with Crippen LogP contribution < -0.4 is 15.4 Å². The number of hydrogen-bond acceptors (Lipinski definition) is 4. The molecule has 132 valence electrons. The van der Waals surface area contributed by atoms with E-state index >= 15 is 0 Å². The van der Waals surface area contributed by atoms with Crippen LogP contribution in [0.1, 0.15) is 15.9 Å². The molecule has 25 heavy (non-hydrogen) atoms. The summed E-state index contributed by atoms with van der Waals surface area (Å²) in [4.78, 5) is 27.5. The molecule has 0 aliphatic carbocycles. The van der Waals surface area contributed by atoms with E-state index in [0.29, 0.717) is 11.6 Å². The lowest BCUT2D eigenvalue weighted by Crippen LogP contribution is -2.32. The van der Waals surface area contributed by atoms with Crippen LogP contribution in [-0.2, 0) is 11.0 Å². The number of halogens is 3. The van der Waals surface area contributed by atoms with Gasteiger partial charge in [-0.25, -0.2) is 4.98 Å². The molecule has 0 aliphatic heterocycles. The van der Waals surface area contributed by atoms with E-state index in [4.69, 9.17) is 4.74 Å². The molecule has 2 N–H and O–H groups in total. The number of alkyl halides is 3. The molecule has 0 saturated carbocycles. The van der Waals surface area contributed by atoms with Gasteiger partial charge in [-0.1, -0.05) is 0 Å². The van der Waals surface area contributed by atoms with Crippen molar-refractivity contribution in [1.29, 1.82) is 0 Å². The quantitative estimate of drug-likeness (QED) is 0.865. The SMILES string of the molecule is COc1ccc(NC(=O)CNC(=O)c2ccc(C(F)(F)F)cc2)cn1. The smallest absolute Gasteiger partial charge is 0.416 e. The predicted octanol–water partition coefficient (Wildman–Crippen LogP) is 2.48. The van der Waals surface area contributed by atoms with E-state index < -0.39 is 23.6 Å². The maximum absolute atomic E-state index is 12.5. The fraction of sp³-hybridized carbons (Fsp3) is 0.188. The second-order valence-electron chi connectivity index (χ2n) is 4.90. The first-order chi connectivity index (χ1) is 11.8. The van der Waals surface area contributed by atoms with Gasteiger partial charge < -0.3 is 15.4 Å². The van der Waals surface area contributed by atoms with Gasteiger partial charge >= 0.3 is 6.18 Å². The number of nitrogens with zero attached hydrogens (tertiary/aromatic N) is 1. The molecule has 0 unspecified atom stereocenters. The normalized spacial score (nSPS) is 10.9. The van der Waals surface area contributed by atoms with Gasteiger partial charge in [0, 0.05) is 11.6 Å². The van der Waals surface area contributed by atoms with Crippen LogP contribution in [0.2, 0.25) is 0 Å². The Kier molecular flexibility index (Phi) is 5.58. The monoisotopic (exact) mass is 353 g/mol. The topological polar surface area (TPSA) is 80.3 Å². The Labute approximate surface area is 141 Å². The standard InChI is InChI=1S/C16H14F3N3O3/c1-25-14-7-6-12(8-20-14)22-13(23)9-21-15(24)10-2-4-11(5-3-10)16(17,18)19/h2-8H,9H2,1H3,(H,21,24)(H,22,23). The van der Waals surface area contributed by atoms with Crippen molar-refractivity contribution in [2.45, 2.75) is 6.18 Å². The number of hydrogen-bond donors (Lipinski definition) is 2. The highest BCUT2D eigenvalue weighted by Gasteiger charge is 2.30. The second-order valence-corrected chi connectivity index (χ2v) is 4.90. The molecule has 9 heteroatoms. The summed E-state index contributed by atoms with van der Waals surface area (Å²) in [6.07, 6.45) is -3.09. The van der Waals surface area contributed by atoms with Gasteiger partial charge in [-0.15, -0.1) is 0 Å². The van der Waals surface area contributed by atoms with E-state index in [0.717, 1.165) is 24.3 Å². The molecular formula is C16H14F3N3O3. The summed E-state index contributed by atoms with van der Waals surface area (Å²) in [7, 11) is 1.46. The van der Waals surface area contributed by atoms with E-state index in [2.05, 4.69) is 15.6 Å². The fourth-order valence-electron chi connectivity index (χ4n) is 1.85. The minimum atomic E-state index is -4.47. The highest BCUT2D eigenvalue weighted by Crippen LogP contribution is 2.29. The summed E-state index contributed by atoms with van der Waals surface area (Å²) >= 11 is 0. The number of benzene rings is 1. The van der Waals surface area contributed by atoms with Crippen molar-refractivity contribution in [1.82, 2.24) is 10.3 Å². The molecule has 2 amide bonds. The summed E-state index contributed by atoms with van der Waals surface area (Å²) < 4.78 is 42.3. The van der Waals surface area contributed by atoms with Gasteiger partial charge in [-0.05, 0) is 30.3 Å². The van der Waals surface area contributed by atoms with Gasteiger partial charge in [-0.3, -0.25) is 9.59 Å². The van der Waals surface area contributed by atoms with Crippen molar-refractivity contribution in [3.8, 4) is 5.88 Å². The van der Waals surface area contributed by atoms with Gasteiger partial charge in [0.15, 0.2) is 0 Å². The van der Waals surface area contributed by atoms with Gasteiger partial charge in [0.2, 0.25) is 11.8 Å². The van der Waals surface area contributed by atoms with Crippen molar-refractivity contribution in [2.24, 2.45) is 0 Å². The Balaban J connectivity index is 1.87. The van der Waals surface area contributed by atoms with Crippen molar-refractivity contribution in [2.75, 3.05) is 19.0 Å². The zero-order valence-electron chi connectivity index (χ0n) is 13.1. The molecular weight excluding hydrogens is 339 g/mol. The average molecular weight is 353 g/mol. The Hall–Kier alpha value is -3.10. The summed E-state index contributed by atoms with van der Waals surface area (Å²) in [6, 6.07) is 6.82. The molecule has 2 aromatic rings. The third-order valence-corrected chi connectivity index (χ3v) is 3.11. The van der Waals surface area contributed by atoms with E-state index in [1.54, 1.807) is 12.1 Å². The average Bonchev–Trinajstić information content (AvgIpc) is 2.59. The Morgan fingerprint density at radius 3 is 2.32 bits per heavy atom. The first kappa shape index (κ1) is 18.2. The number of methoxy groups -OCH3 is 1. The maximum atomic E-state index is 12.5. The first-order valence-corrected chi connectivity index (χ1v) is 7.05. The molecule has 0 atom stereocenters. The minimum Gasteiger partial charge on any atom is -0.481 e. The summed E-state index contributed by atoms with van der Waals surface area (Å²) in [6.45, 7) is -0.341. The molecule has 0 saturated heterocycles. The van der Waals surface area contributed by atoms with E-state index in [1.165, 1.54) is 13.3 Å². The van der Waals surface area contributed by atoms with Gasteiger partial charge in [0.05, 0.1) is 31.1 Å². The number of anilines is 1. The number of nitrogens with one attached hydrogen (secondary N) is 2. The van der Waals surface area contributed by atoms with Gasteiger partial charge in [0.1, 0.15) is 0 Å². The van der Waals surface area contributed by atoms with Crippen LogP contribution in [0.3, 0.4) is 0 Å². The second kappa shape index (κ2) is 7.65. The number of aromatic nitrogens is 1. The lowest BCUT2D eigenvalue weighted by Gasteiger charge is -2.09. The number of carbonyl (C=O) groups is 2. The molecule has 0 radical (unpaired) electrons. The van der Waals surface area contributed by atoms with E-state index in [-0.39, 0.29) is 12.1 Å². The number of pyridine rings is 1. The number of ether oxygens (including phenoxy) is 1. The fourth-order valence-corrected chi connectivity index (χ4v) is 1.85. The first-order valence-electron chi connectivity index (χ1n) is 7.05. The van der Waals surface area contributed by atoms with E-state index in [9.17, 15) is 22.8 Å². The van der Waals surface area contributed by atoms with Crippen molar-refractivity contribution < 1.29 is 27.5 Å². The third kappa shape index (κ3) is 5.20. The van der Waals surface area contributed by atoms with Crippen LogP contribution in [0.15, 0.2) is 42.6 Å². The highest BCUT2D eigenvalue weighted by molar-refractivity contribution is 5.99. The Morgan fingerprint density at radius 1 is 1.12 bits per heavy atom. The summed E-state index contributed by atoms with van der Waals surface area (Å²) in [5.41, 5.74) is -0.421. The number of amides is 2. The molecule has 1 aromatic carbocycles. The molecule has 0 bridgehead atoms.